The van der Waals surface area contributed by atoms with Crippen molar-refractivity contribution >= 4 is 17.5 Å². The number of hydrogen-bond acceptors (Lipinski definition) is 5. The van der Waals surface area contributed by atoms with Crippen LogP contribution in [0.15, 0.2) is 29.1 Å². The highest BCUT2D eigenvalue weighted by atomic mass is 35.5. The van der Waals surface area contributed by atoms with E-state index in [-0.39, 0.29) is 11.9 Å². The molecule has 1 unspecified atom stereocenters. The summed E-state index contributed by atoms with van der Waals surface area (Å²) in [6, 6.07) is 4.90. The van der Waals surface area contributed by atoms with Gasteiger partial charge in [0.15, 0.2) is 5.82 Å². The number of likely N-dealkylation sites (tertiary alicyclic amines) is 1. The van der Waals surface area contributed by atoms with Crippen molar-refractivity contribution in [3.8, 4) is 5.75 Å². The van der Waals surface area contributed by atoms with Crippen molar-refractivity contribution in [3.63, 3.8) is 0 Å². The van der Waals surface area contributed by atoms with Gasteiger partial charge in [0, 0.05) is 12.1 Å². The number of ether oxygens (including phenoxy) is 1. The SMILES string of the molecule is COc1cc(C(=O)N2CCCCCC2c2ncon2)ccc1Cl. The van der Waals surface area contributed by atoms with Crippen LogP contribution < -0.4 is 4.74 Å². The maximum absolute atomic E-state index is 13.0. The Morgan fingerprint density at radius 3 is 3.00 bits per heavy atom. The van der Waals surface area contributed by atoms with Gasteiger partial charge in [0.2, 0.25) is 6.39 Å². The highest BCUT2D eigenvalue weighted by Gasteiger charge is 2.30. The first-order chi connectivity index (χ1) is 11.2. The smallest absolute Gasteiger partial charge is 0.254 e. The molecule has 0 N–H and O–H groups in total. The molecule has 1 aliphatic rings. The normalized spacial score (nSPS) is 18.5. The van der Waals surface area contributed by atoms with Gasteiger partial charge in [-0.1, -0.05) is 29.6 Å². The van der Waals surface area contributed by atoms with E-state index in [2.05, 4.69) is 10.1 Å². The first-order valence-electron chi connectivity index (χ1n) is 7.61. The van der Waals surface area contributed by atoms with Crippen LogP contribution in [0.4, 0.5) is 0 Å². The second kappa shape index (κ2) is 7.00. The lowest BCUT2D eigenvalue weighted by molar-refractivity contribution is 0.0670. The van der Waals surface area contributed by atoms with Gasteiger partial charge in [0.25, 0.3) is 5.91 Å². The zero-order chi connectivity index (χ0) is 16.2. The number of methoxy groups -OCH3 is 1. The Morgan fingerprint density at radius 1 is 1.39 bits per heavy atom. The van der Waals surface area contributed by atoms with E-state index in [9.17, 15) is 4.79 Å². The predicted octanol–water partition coefficient (Wildman–Crippen LogP) is 3.49. The monoisotopic (exact) mass is 335 g/mol. The number of carbonyl (C=O) groups excluding carboxylic acids is 1. The number of nitrogens with zero attached hydrogens (tertiary/aromatic N) is 3. The number of amides is 1. The van der Waals surface area contributed by atoms with Crippen LogP contribution in [0, 0.1) is 0 Å². The van der Waals surface area contributed by atoms with E-state index in [1.807, 2.05) is 4.90 Å². The van der Waals surface area contributed by atoms with E-state index in [1.54, 1.807) is 18.2 Å². The predicted molar refractivity (Wildman–Crippen MR) is 84.5 cm³/mol. The van der Waals surface area contributed by atoms with Crippen LogP contribution in [0.1, 0.15) is 47.9 Å². The summed E-state index contributed by atoms with van der Waals surface area (Å²) in [5.74, 6) is 0.973. The minimum absolute atomic E-state index is 0.0725. The lowest BCUT2D eigenvalue weighted by atomic mass is 10.1. The molecule has 1 amide bonds. The van der Waals surface area contributed by atoms with Crippen LogP contribution in [0.5, 0.6) is 5.75 Å². The Hall–Kier alpha value is -2.08. The first-order valence-corrected chi connectivity index (χ1v) is 7.99. The van der Waals surface area contributed by atoms with Gasteiger partial charge in [-0.3, -0.25) is 4.79 Å². The highest BCUT2D eigenvalue weighted by Crippen LogP contribution is 2.31. The second-order valence-electron chi connectivity index (χ2n) is 5.50. The molecule has 0 spiro atoms. The molecule has 6 nitrogen and oxygen atoms in total. The van der Waals surface area contributed by atoms with Crippen molar-refractivity contribution in [1.82, 2.24) is 15.0 Å². The van der Waals surface area contributed by atoms with E-state index in [4.69, 9.17) is 20.9 Å². The third kappa shape index (κ3) is 3.32. The summed E-state index contributed by atoms with van der Waals surface area (Å²) in [4.78, 5) is 18.9. The summed E-state index contributed by atoms with van der Waals surface area (Å²) < 4.78 is 10.1. The molecule has 3 rings (SSSR count). The fourth-order valence-electron chi connectivity index (χ4n) is 2.90. The van der Waals surface area contributed by atoms with Gasteiger partial charge in [0.05, 0.1) is 18.2 Å². The number of hydrogen-bond donors (Lipinski definition) is 0. The van der Waals surface area contributed by atoms with E-state index < -0.39 is 0 Å². The average Bonchev–Trinajstić information content (AvgIpc) is 2.99. The molecule has 1 aromatic heterocycles. The maximum atomic E-state index is 13.0. The van der Waals surface area contributed by atoms with Gasteiger partial charge in [-0.2, -0.15) is 4.98 Å². The second-order valence-corrected chi connectivity index (χ2v) is 5.91. The highest BCUT2D eigenvalue weighted by molar-refractivity contribution is 6.32. The minimum Gasteiger partial charge on any atom is -0.495 e. The number of rotatable bonds is 3. The fourth-order valence-corrected chi connectivity index (χ4v) is 3.10. The summed E-state index contributed by atoms with van der Waals surface area (Å²) in [6.45, 7) is 0.670. The van der Waals surface area contributed by atoms with Crippen LogP contribution in [0.25, 0.3) is 0 Å². The van der Waals surface area contributed by atoms with Gasteiger partial charge in [-0.05, 0) is 31.0 Å². The number of halogens is 1. The quantitative estimate of drug-likeness (QED) is 0.858. The zero-order valence-electron chi connectivity index (χ0n) is 12.9. The average molecular weight is 336 g/mol. The molecule has 0 bridgehead atoms. The zero-order valence-corrected chi connectivity index (χ0v) is 13.6. The summed E-state index contributed by atoms with van der Waals surface area (Å²) in [7, 11) is 1.53. The summed E-state index contributed by atoms with van der Waals surface area (Å²) in [5.41, 5.74) is 0.543. The molecule has 0 saturated carbocycles. The molecule has 1 atom stereocenters. The molecule has 1 aromatic carbocycles. The van der Waals surface area contributed by atoms with Crippen LogP contribution in [-0.4, -0.2) is 34.6 Å². The van der Waals surface area contributed by atoms with E-state index in [0.29, 0.717) is 28.7 Å². The first kappa shape index (κ1) is 15.8. The van der Waals surface area contributed by atoms with Crippen LogP contribution in [0.3, 0.4) is 0 Å². The van der Waals surface area contributed by atoms with Gasteiger partial charge in [-0.25, -0.2) is 0 Å². The molecular weight excluding hydrogens is 318 g/mol. The van der Waals surface area contributed by atoms with Crippen molar-refractivity contribution in [3.05, 3.63) is 41.0 Å². The standard InChI is InChI=1S/C16H18ClN3O3/c1-22-14-9-11(6-7-12(14)17)16(21)20-8-4-2-3-5-13(20)15-18-10-23-19-15/h6-7,9-10,13H,2-5,8H2,1H3. The molecule has 1 fully saturated rings. The van der Waals surface area contributed by atoms with Crippen molar-refractivity contribution in [2.45, 2.75) is 31.7 Å². The lowest BCUT2D eigenvalue weighted by Crippen LogP contribution is -2.35. The Kier molecular flexibility index (Phi) is 4.81. The van der Waals surface area contributed by atoms with Crippen molar-refractivity contribution in [2.24, 2.45) is 0 Å². The van der Waals surface area contributed by atoms with Crippen LogP contribution >= 0.6 is 11.6 Å². The molecule has 2 heterocycles. The molecular formula is C16H18ClN3O3. The Bertz CT molecular complexity index is 675. The molecule has 7 heteroatoms. The molecule has 1 saturated heterocycles. The fraction of sp³-hybridized carbons (Fsp3) is 0.438. The Balaban J connectivity index is 1.91. The van der Waals surface area contributed by atoms with Gasteiger partial charge in [0.1, 0.15) is 5.75 Å². The summed E-state index contributed by atoms with van der Waals surface area (Å²) in [5, 5.41) is 4.41. The molecule has 0 radical (unpaired) electrons. The van der Waals surface area contributed by atoms with E-state index in [0.717, 1.165) is 25.7 Å². The number of aromatic nitrogens is 2. The van der Waals surface area contributed by atoms with Crippen molar-refractivity contribution in [2.75, 3.05) is 13.7 Å². The van der Waals surface area contributed by atoms with Crippen LogP contribution in [0.2, 0.25) is 5.02 Å². The molecule has 1 aliphatic heterocycles. The number of carbonyl (C=O) groups is 1. The third-order valence-corrected chi connectivity index (χ3v) is 4.40. The summed E-state index contributed by atoms with van der Waals surface area (Å²) >= 11 is 6.04. The third-order valence-electron chi connectivity index (χ3n) is 4.09. The molecule has 122 valence electrons. The summed E-state index contributed by atoms with van der Waals surface area (Å²) in [6.07, 6.45) is 5.21. The van der Waals surface area contributed by atoms with Gasteiger partial charge < -0.3 is 14.2 Å². The van der Waals surface area contributed by atoms with E-state index in [1.165, 1.54) is 13.5 Å². The lowest BCUT2D eigenvalue weighted by Gasteiger charge is -2.28. The topological polar surface area (TPSA) is 68.5 Å². The Labute approximate surface area is 139 Å². The van der Waals surface area contributed by atoms with Crippen LogP contribution in [-0.2, 0) is 0 Å². The van der Waals surface area contributed by atoms with E-state index >= 15 is 0 Å². The molecule has 0 aliphatic carbocycles. The molecule has 2 aromatic rings. The Morgan fingerprint density at radius 2 is 2.26 bits per heavy atom. The van der Waals surface area contributed by atoms with Crippen molar-refractivity contribution in [1.29, 1.82) is 0 Å². The van der Waals surface area contributed by atoms with Gasteiger partial charge in [-0.15, -0.1) is 0 Å². The maximum Gasteiger partial charge on any atom is 0.254 e. The largest absolute Gasteiger partial charge is 0.495 e. The van der Waals surface area contributed by atoms with Crippen molar-refractivity contribution < 1.29 is 14.1 Å². The number of benzene rings is 1. The minimum atomic E-state index is -0.162. The molecule has 23 heavy (non-hydrogen) atoms. The van der Waals surface area contributed by atoms with Gasteiger partial charge >= 0.3 is 0 Å².